The third kappa shape index (κ3) is 6.56. The predicted molar refractivity (Wildman–Crippen MR) is 69.4 cm³/mol. The fourth-order valence-electron chi connectivity index (χ4n) is 2.35. The Labute approximate surface area is 117 Å². The lowest BCUT2D eigenvalue weighted by atomic mass is 10.0. The van der Waals surface area contributed by atoms with Gasteiger partial charge in [0.2, 0.25) is 5.91 Å². The number of nitrogens with one attached hydrogen (secondary N) is 1. The zero-order chi connectivity index (χ0) is 15.0. The zero-order valence-corrected chi connectivity index (χ0v) is 11.8. The molecule has 1 fully saturated rings. The largest absolute Gasteiger partial charge is 0.406 e. The smallest absolute Gasteiger partial charge is 0.382 e. The molecule has 1 aliphatic heterocycles. The molecule has 0 aromatic rings. The van der Waals surface area contributed by atoms with Crippen LogP contribution in [0.3, 0.4) is 0 Å². The van der Waals surface area contributed by atoms with E-state index in [0.29, 0.717) is 45.6 Å². The van der Waals surface area contributed by atoms with Gasteiger partial charge < -0.3 is 15.0 Å². The highest BCUT2D eigenvalue weighted by Crippen LogP contribution is 2.22. The van der Waals surface area contributed by atoms with E-state index >= 15 is 0 Å². The fraction of sp³-hybridized carbons (Fsp3) is 0.923. The molecule has 0 spiro atoms. The van der Waals surface area contributed by atoms with E-state index in [1.165, 1.54) is 0 Å². The van der Waals surface area contributed by atoms with E-state index in [1.54, 1.807) is 0 Å². The standard InChI is InChI=1S/C13H23F3N2O2/c1-2-20-9-3-4-12(19)18(10-13(14,15)16)11-5-7-17-8-6-11/h11,17H,2-10H2,1H3. The van der Waals surface area contributed by atoms with E-state index in [9.17, 15) is 18.0 Å². The molecule has 0 unspecified atom stereocenters. The maximum atomic E-state index is 12.6. The van der Waals surface area contributed by atoms with Gasteiger partial charge in [0.05, 0.1) is 0 Å². The molecule has 1 amide bonds. The number of piperidine rings is 1. The number of nitrogens with zero attached hydrogens (tertiary/aromatic N) is 1. The Balaban J connectivity index is 2.53. The van der Waals surface area contributed by atoms with Crippen LogP contribution in [-0.4, -0.2) is 55.9 Å². The van der Waals surface area contributed by atoms with Crippen molar-refractivity contribution < 1.29 is 22.7 Å². The molecule has 7 heteroatoms. The molecule has 0 aromatic carbocycles. The third-order valence-corrected chi connectivity index (χ3v) is 3.30. The van der Waals surface area contributed by atoms with Gasteiger partial charge in [-0.1, -0.05) is 0 Å². The van der Waals surface area contributed by atoms with Crippen LogP contribution < -0.4 is 5.32 Å². The Bertz CT molecular complexity index is 292. The summed E-state index contributed by atoms with van der Waals surface area (Å²) in [6, 6.07) is -0.308. The van der Waals surface area contributed by atoms with Gasteiger partial charge in [-0.2, -0.15) is 13.2 Å². The first-order chi connectivity index (χ1) is 9.44. The van der Waals surface area contributed by atoms with Crippen LogP contribution >= 0.6 is 0 Å². The molecule has 1 N–H and O–H groups in total. The molecular weight excluding hydrogens is 273 g/mol. The number of carbonyl (C=O) groups excluding carboxylic acids is 1. The van der Waals surface area contributed by atoms with Gasteiger partial charge >= 0.3 is 6.18 Å². The Morgan fingerprint density at radius 3 is 2.55 bits per heavy atom. The van der Waals surface area contributed by atoms with Crippen LogP contribution in [0.15, 0.2) is 0 Å². The van der Waals surface area contributed by atoms with E-state index in [1.807, 2.05) is 6.92 Å². The number of carbonyl (C=O) groups is 1. The van der Waals surface area contributed by atoms with Crippen molar-refractivity contribution in [2.45, 2.75) is 44.8 Å². The average Bonchev–Trinajstić information content (AvgIpc) is 2.41. The fourth-order valence-corrected chi connectivity index (χ4v) is 2.35. The summed E-state index contributed by atoms with van der Waals surface area (Å²) in [5.74, 6) is -0.422. The van der Waals surface area contributed by atoms with Crippen molar-refractivity contribution in [2.75, 3.05) is 32.8 Å². The summed E-state index contributed by atoms with van der Waals surface area (Å²) in [5, 5.41) is 3.09. The van der Waals surface area contributed by atoms with E-state index in [0.717, 1.165) is 4.90 Å². The van der Waals surface area contributed by atoms with Crippen molar-refractivity contribution >= 4 is 5.91 Å². The van der Waals surface area contributed by atoms with E-state index in [-0.39, 0.29) is 12.5 Å². The third-order valence-electron chi connectivity index (χ3n) is 3.30. The van der Waals surface area contributed by atoms with Crippen LogP contribution in [0.1, 0.15) is 32.6 Å². The molecule has 0 bridgehead atoms. The van der Waals surface area contributed by atoms with Gasteiger partial charge in [0.25, 0.3) is 0 Å². The second-order valence-corrected chi connectivity index (χ2v) is 4.92. The molecular formula is C13H23F3N2O2. The molecule has 20 heavy (non-hydrogen) atoms. The maximum absolute atomic E-state index is 12.6. The first-order valence-corrected chi connectivity index (χ1v) is 7.08. The highest BCUT2D eigenvalue weighted by molar-refractivity contribution is 5.76. The Morgan fingerprint density at radius 2 is 2.00 bits per heavy atom. The molecule has 0 atom stereocenters. The number of hydrogen-bond donors (Lipinski definition) is 1. The summed E-state index contributed by atoms with van der Waals surface area (Å²) < 4.78 is 43.0. The van der Waals surface area contributed by atoms with Gasteiger partial charge in [0.15, 0.2) is 0 Å². The van der Waals surface area contributed by atoms with Crippen molar-refractivity contribution in [3.8, 4) is 0 Å². The van der Waals surface area contributed by atoms with Gasteiger partial charge in [-0.05, 0) is 39.3 Å². The molecule has 118 valence electrons. The van der Waals surface area contributed by atoms with E-state index < -0.39 is 18.6 Å². The molecule has 0 aliphatic carbocycles. The molecule has 1 saturated heterocycles. The van der Waals surface area contributed by atoms with Gasteiger partial charge in [-0.3, -0.25) is 4.79 Å². The first-order valence-electron chi connectivity index (χ1n) is 7.08. The van der Waals surface area contributed by atoms with Crippen LogP contribution in [0.5, 0.6) is 0 Å². The maximum Gasteiger partial charge on any atom is 0.406 e. The van der Waals surface area contributed by atoms with Crippen molar-refractivity contribution in [3.05, 3.63) is 0 Å². The van der Waals surface area contributed by atoms with Crippen LogP contribution in [0, 0.1) is 0 Å². The van der Waals surface area contributed by atoms with Crippen molar-refractivity contribution in [1.82, 2.24) is 10.2 Å². The van der Waals surface area contributed by atoms with Crippen LogP contribution in [0.4, 0.5) is 13.2 Å². The highest BCUT2D eigenvalue weighted by Gasteiger charge is 2.36. The lowest BCUT2D eigenvalue weighted by Crippen LogP contribution is -2.49. The molecule has 0 saturated carbocycles. The minimum Gasteiger partial charge on any atom is -0.382 e. The SMILES string of the molecule is CCOCCCC(=O)N(CC(F)(F)F)C1CCNCC1. The van der Waals surface area contributed by atoms with E-state index in [2.05, 4.69) is 5.32 Å². The summed E-state index contributed by atoms with van der Waals surface area (Å²) in [6.45, 7) is 2.97. The number of ether oxygens (including phenoxy) is 1. The van der Waals surface area contributed by atoms with Gasteiger partial charge in [0, 0.05) is 25.7 Å². The monoisotopic (exact) mass is 296 g/mol. The predicted octanol–water partition coefficient (Wildman–Crippen LogP) is 1.95. The number of amides is 1. The van der Waals surface area contributed by atoms with Crippen molar-refractivity contribution in [1.29, 1.82) is 0 Å². The average molecular weight is 296 g/mol. The molecule has 1 aliphatic rings. The quantitative estimate of drug-likeness (QED) is 0.730. The number of rotatable bonds is 7. The highest BCUT2D eigenvalue weighted by atomic mass is 19.4. The van der Waals surface area contributed by atoms with Crippen LogP contribution in [0.25, 0.3) is 0 Å². The minimum atomic E-state index is -4.35. The lowest BCUT2D eigenvalue weighted by Gasteiger charge is -2.35. The Morgan fingerprint density at radius 1 is 1.35 bits per heavy atom. The Hall–Kier alpha value is -0.820. The summed E-state index contributed by atoms with van der Waals surface area (Å²) in [4.78, 5) is 13.0. The second-order valence-electron chi connectivity index (χ2n) is 4.92. The number of halogens is 3. The van der Waals surface area contributed by atoms with E-state index in [4.69, 9.17) is 4.74 Å². The summed E-state index contributed by atoms with van der Waals surface area (Å²) >= 11 is 0. The van der Waals surface area contributed by atoms with Gasteiger partial charge in [-0.25, -0.2) is 0 Å². The van der Waals surface area contributed by atoms with Crippen molar-refractivity contribution in [2.24, 2.45) is 0 Å². The van der Waals surface area contributed by atoms with Gasteiger partial charge in [0.1, 0.15) is 6.54 Å². The van der Waals surface area contributed by atoms with Crippen LogP contribution in [-0.2, 0) is 9.53 Å². The molecule has 1 heterocycles. The minimum absolute atomic E-state index is 0.111. The topological polar surface area (TPSA) is 41.6 Å². The summed E-state index contributed by atoms with van der Waals surface area (Å²) in [6.07, 6.45) is -2.62. The zero-order valence-electron chi connectivity index (χ0n) is 11.8. The molecule has 0 radical (unpaired) electrons. The lowest BCUT2D eigenvalue weighted by molar-refractivity contribution is -0.167. The Kier molecular flexibility index (Phi) is 7.29. The second kappa shape index (κ2) is 8.46. The number of alkyl halides is 3. The number of hydrogen-bond acceptors (Lipinski definition) is 3. The summed E-state index contributed by atoms with van der Waals surface area (Å²) in [7, 11) is 0. The van der Waals surface area contributed by atoms with Gasteiger partial charge in [-0.15, -0.1) is 0 Å². The normalized spacial score (nSPS) is 17.2. The first kappa shape index (κ1) is 17.2. The van der Waals surface area contributed by atoms with Crippen LogP contribution in [0.2, 0.25) is 0 Å². The molecule has 1 rings (SSSR count). The molecule has 4 nitrogen and oxygen atoms in total. The molecule has 0 aromatic heterocycles. The van der Waals surface area contributed by atoms with Crippen molar-refractivity contribution in [3.63, 3.8) is 0 Å². The summed E-state index contributed by atoms with van der Waals surface area (Å²) in [5.41, 5.74) is 0.